The highest BCUT2D eigenvalue weighted by molar-refractivity contribution is 14.0. The minimum absolute atomic E-state index is 0. The zero-order valence-corrected chi connectivity index (χ0v) is 17.3. The zero-order chi connectivity index (χ0) is 17.7. The van der Waals surface area contributed by atoms with Crippen LogP contribution in [-0.4, -0.2) is 36.1 Å². The van der Waals surface area contributed by atoms with E-state index in [2.05, 4.69) is 20.9 Å². The lowest BCUT2D eigenvalue weighted by atomic mass is 10.0. The molecule has 0 bridgehead atoms. The molecule has 0 amide bonds. The van der Waals surface area contributed by atoms with Gasteiger partial charge in [-0.05, 0) is 23.8 Å². The van der Waals surface area contributed by atoms with Crippen LogP contribution >= 0.6 is 24.0 Å². The predicted octanol–water partition coefficient (Wildman–Crippen LogP) is 3.73. The van der Waals surface area contributed by atoms with E-state index < -0.39 is 11.6 Å². The van der Waals surface area contributed by atoms with Crippen molar-refractivity contribution in [2.45, 2.75) is 19.4 Å². The number of hydrogen-bond acceptors (Lipinski definition) is 1. The number of aryl methyl sites for hydroxylation is 1. The Labute approximate surface area is 165 Å². The largest absolute Gasteiger partial charge is 0.356 e. The van der Waals surface area contributed by atoms with Crippen molar-refractivity contribution in [2.75, 3.05) is 20.6 Å². The molecule has 4 nitrogen and oxygen atoms in total. The first kappa shape index (κ1) is 21.4. The Kier molecular flexibility index (Phi) is 8.34. The van der Waals surface area contributed by atoms with Crippen LogP contribution in [0.1, 0.15) is 24.1 Å². The van der Waals surface area contributed by atoms with Crippen LogP contribution in [0.2, 0.25) is 0 Å². The predicted molar refractivity (Wildman–Crippen MR) is 108 cm³/mol. The summed E-state index contributed by atoms with van der Waals surface area (Å²) in [5.74, 6) is -0.456. The minimum Gasteiger partial charge on any atom is -0.356 e. The van der Waals surface area contributed by atoms with Gasteiger partial charge in [-0.25, -0.2) is 8.78 Å². The number of hydrogen-bond donors (Lipinski definition) is 1. The number of guanidine groups is 1. The van der Waals surface area contributed by atoms with Gasteiger partial charge in [-0.15, -0.1) is 24.0 Å². The summed E-state index contributed by atoms with van der Waals surface area (Å²) in [6, 6.07) is 7.75. The molecule has 7 heteroatoms. The van der Waals surface area contributed by atoms with Gasteiger partial charge in [0.15, 0.2) is 5.96 Å². The highest BCUT2D eigenvalue weighted by Crippen LogP contribution is 2.19. The molecule has 1 aromatic heterocycles. The number of aliphatic imine (C=N–C) groups is 1. The average Bonchev–Trinajstić information content (AvgIpc) is 2.92. The molecule has 0 saturated carbocycles. The fourth-order valence-corrected chi connectivity index (χ4v) is 2.62. The molecular weight excluding hydrogens is 437 g/mol. The van der Waals surface area contributed by atoms with Gasteiger partial charge in [-0.2, -0.15) is 0 Å². The molecular formula is C18H25F2IN4. The fourth-order valence-electron chi connectivity index (χ4n) is 2.62. The Morgan fingerprint density at radius 2 is 2.04 bits per heavy atom. The second-order valence-corrected chi connectivity index (χ2v) is 5.96. The molecule has 0 radical (unpaired) electrons. The molecule has 138 valence electrons. The molecule has 0 fully saturated rings. The van der Waals surface area contributed by atoms with Crippen LogP contribution in [0.3, 0.4) is 0 Å². The standard InChI is InChI=1S/C18H24F2N4.HI/c1-13(16-8-7-14(19)10-17(16)20)11-22-18(21-2)24(4)12-15-6-5-9-23(15)3;/h5-10,13H,11-12H2,1-4H3,(H,21,22);1H. The number of halogens is 3. The molecule has 0 aliphatic rings. The van der Waals surface area contributed by atoms with Gasteiger partial charge in [-0.3, -0.25) is 4.99 Å². The van der Waals surface area contributed by atoms with Crippen molar-refractivity contribution in [1.82, 2.24) is 14.8 Å². The summed E-state index contributed by atoms with van der Waals surface area (Å²) in [5.41, 5.74) is 1.66. The van der Waals surface area contributed by atoms with Gasteiger partial charge >= 0.3 is 0 Å². The van der Waals surface area contributed by atoms with Gasteiger partial charge in [0.05, 0.1) is 6.54 Å². The van der Waals surface area contributed by atoms with E-state index in [4.69, 9.17) is 0 Å². The van der Waals surface area contributed by atoms with E-state index in [1.807, 2.05) is 38.2 Å². The van der Waals surface area contributed by atoms with Gasteiger partial charge in [-0.1, -0.05) is 13.0 Å². The van der Waals surface area contributed by atoms with Crippen molar-refractivity contribution in [3.05, 3.63) is 59.4 Å². The Morgan fingerprint density at radius 1 is 1.32 bits per heavy atom. The van der Waals surface area contributed by atoms with Crippen LogP contribution in [0.5, 0.6) is 0 Å². The Morgan fingerprint density at radius 3 is 2.60 bits per heavy atom. The summed E-state index contributed by atoms with van der Waals surface area (Å²) in [6.07, 6.45) is 2.00. The summed E-state index contributed by atoms with van der Waals surface area (Å²) in [5, 5.41) is 3.25. The lowest BCUT2D eigenvalue weighted by molar-refractivity contribution is 0.458. The van der Waals surface area contributed by atoms with Crippen molar-refractivity contribution in [3.63, 3.8) is 0 Å². The van der Waals surface area contributed by atoms with Gasteiger partial charge in [0.1, 0.15) is 11.6 Å². The maximum atomic E-state index is 13.9. The summed E-state index contributed by atoms with van der Waals surface area (Å²) >= 11 is 0. The average molecular weight is 462 g/mol. The molecule has 25 heavy (non-hydrogen) atoms. The molecule has 1 N–H and O–H groups in total. The molecule has 2 rings (SSSR count). The second-order valence-electron chi connectivity index (χ2n) is 5.96. The minimum atomic E-state index is -0.561. The number of nitrogens with zero attached hydrogens (tertiary/aromatic N) is 3. The van der Waals surface area contributed by atoms with E-state index in [1.54, 1.807) is 7.05 Å². The third kappa shape index (κ3) is 5.69. The first-order valence-electron chi connectivity index (χ1n) is 7.89. The first-order valence-corrected chi connectivity index (χ1v) is 7.89. The van der Waals surface area contributed by atoms with Crippen LogP contribution in [0.15, 0.2) is 41.5 Å². The first-order chi connectivity index (χ1) is 11.4. The second kappa shape index (κ2) is 9.74. The van der Waals surface area contributed by atoms with E-state index in [-0.39, 0.29) is 29.9 Å². The van der Waals surface area contributed by atoms with Crippen LogP contribution < -0.4 is 5.32 Å². The lowest BCUT2D eigenvalue weighted by Gasteiger charge is -2.24. The molecule has 0 aliphatic heterocycles. The highest BCUT2D eigenvalue weighted by atomic mass is 127. The summed E-state index contributed by atoms with van der Waals surface area (Å²) < 4.78 is 28.9. The van der Waals surface area contributed by atoms with Gasteiger partial charge < -0.3 is 14.8 Å². The Bertz CT molecular complexity index is 715. The van der Waals surface area contributed by atoms with Crippen molar-refractivity contribution in [1.29, 1.82) is 0 Å². The lowest BCUT2D eigenvalue weighted by Crippen LogP contribution is -2.40. The SMILES string of the molecule is CN=C(NCC(C)c1ccc(F)cc1F)N(C)Cc1cccn1C.I. The smallest absolute Gasteiger partial charge is 0.193 e. The van der Waals surface area contributed by atoms with Crippen molar-refractivity contribution in [3.8, 4) is 0 Å². The van der Waals surface area contributed by atoms with Gasteiger partial charge in [0, 0.05) is 51.6 Å². The number of aromatic nitrogens is 1. The normalized spacial score (nSPS) is 12.5. The maximum Gasteiger partial charge on any atom is 0.193 e. The quantitative estimate of drug-likeness (QED) is 0.418. The molecule has 0 spiro atoms. The zero-order valence-electron chi connectivity index (χ0n) is 15.0. The summed E-state index contributed by atoms with van der Waals surface area (Å²) in [7, 11) is 5.66. The van der Waals surface area contributed by atoms with Crippen molar-refractivity contribution in [2.24, 2.45) is 12.0 Å². The van der Waals surface area contributed by atoms with Crippen molar-refractivity contribution >= 4 is 29.9 Å². The van der Waals surface area contributed by atoms with Crippen LogP contribution in [0, 0.1) is 11.6 Å². The molecule has 1 atom stereocenters. The molecule has 0 saturated heterocycles. The van der Waals surface area contributed by atoms with E-state index in [1.165, 1.54) is 12.1 Å². The Balaban J connectivity index is 0.00000312. The topological polar surface area (TPSA) is 32.6 Å². The van der Waals surface area contributed by atoms with E-state index in [0.29, 0.717) is 18.7 Å². The molecule has 2 aromatic rings. The molecule has 1 aromatic carbocycles. The monoisotopic (exact) mass is 462 g/mol. The van der Waals surface area contributed by atoms with Gasteiger partial charge in [0.2, 0.25) is 0 Å². The maximum absolute atomic E-state index is 13.9. The third-order valence-electron chi connectivity index (χ3n) is 4.08. The third-order valence-corrected chi connectivity index (χ3v) is 4.08. The summed E-state index contributed by atoms with van der Waals surface area (Å²) in [4.78, 5) is 6.27. The van der Waals surface area contributed by atoms with Crippen LogP contribution in [0.25, 0.3) is 0 Å². The highest BCUT2D eigenvalue weighted by Gasteiger charge is 2.14. The molecule has 0 aliphatic carbocycles. The van der Waals surface area contributed by atoms with Crippen LogP contribution in [-0.2, 0) is 13.6 Å². The van der Waals surface area contributed by atoms with Gasteiger partial charge in [0.25, 0.3) is 0 Å². The number of rotatable bonds is 5. The summed E-state index contributed by atoms with van der Waals surface area (Å²) in [6.45, 7) is 3.11. The fraction of sp³-hybridized carbons (Fsp3) is 0.389. The molecule has 1 heterocycles. The number of nitrogens with one attached hydrogen (secondary N) is 1. The van der Waals surface area contributed by atoms with E-state index in [0.717, 1.165) is 17.7 Å². The number of benzene rings is 1. The van der Waals surface area contributed by atoms with E-state index in [9.17, 15) is 8.78 Å². The Hall–Kier alpha value is -1.64. The molecule has 1 unspecified atom stereocenters. The van der Waals surface area contributed by atoms with Crippen LogP contribution in [0.4, 0.5) is 8.78 Å². The van der Waals surface area contributed by atoms with E-state index >= 15 is 0 Å². The van der Waals surface area contributed by atoms with Crippen molar-refractivity contribution < 1.29 is 8.78 Å².